The Morgan fingerprint density at radius 2 is 1.23 bits per heavy atom. The number of aromatic carboxylic acids is 2. The van der Waals surface area contributed by atoms with Gasteiger partial charge in [-0.25, -0.2) is 9.59 Å². The first-order valence-corrected chi connectivity index (χ1v) is 27.1. The van der Waals surface area contributed by atoms with Crippen molar-refractivity contribution < 1.29 is 39.1 Å². The molecule has 4 fully saturated rings. The van der Waals surface area contributed by atoms with Gasteiger partial charge in [0.05, 0.1) is 19.9 Å². The number of carboxylic acids is 2. The number of carbonyl (C=O) groups is 2. The molecular weight excluding hydrogens is 968 g/mol. The van der Waals surface area contributed by atoms with Gasteiger partial charge in [-0.05, 0) is 205 Å². The summed E-state index contributed by atoms with van der Waals surface area (Å²) in [5.41, 5.74) is 2.64. The van der Waals surface area contributed by atoms with Crippen molar-refractivity contribution in [2.45, 2.75) is 138 Å². The zero-order valence-corrected chi connectivity index (χ0v) is 44.3. The molecule has 0 heterocycles. The molecule has 4 saturated carbocycles. The number of benzene rings is 4. The van der Waals surface area contributed by atoms with Crippen molar-refractivity contribution >= 4 is 52.1 Å². The first-order chi connectivity index (χ1) is 34.8. The van der Waals surface area contributed by atoms with Gasteiger partial charge in [0.25, 0.3) is 11.4 Å². The molecule has 14 heteroatoms. The summed E-state index contributed by atoms with van der Waals surface area (Å²) >= 11 is 13.8. The molecule has 12 nitrogen and oxygen atoms in total. The fourth-order valence-corrected chi connectivity index (χ4v) is 14.9. The van der Waals surface area contributed by atoms with Crippen molar-refractivity contribution in [3.05, 3.63) is 143 Å². The summed E-state index contributed by atoms with van der Waals surface area (Å²) in [6.07, 6.45) is 19.2. The van der Waals surface area contributed by atoms with E-state index in [1.165, 1.54) is 131 Å². The maximum absolute atomic E-state index is 12.9. The second-order valence-electron chi connectivity index (χ2n) is 22.7. The molecule has 5 unspecified atom stereocenters. The van der Waals surface area contributed by atoms with Crippen LogP contribution in [0.3, 0.4) is 0 Å². The van der Waals surface area contributed by atoms with Gasteiger partial charge in [-0.1, -0.05) is 83.2 Å². The van der Waals surface area contributed by atoms with Crippen LogP contribution in [-0.4, -0.2) is 32.0 Å². The van der Waals surface area contributed by atoms with Gasteiger partial charge in [0.1, 0.15) is 24.3 Å². The number of non-ortho nitro benzene ring substituents is 2. The number of nitro groups is 2. The summed E-state index contributed by atoms with van der Waals surface area (Å²) in [6, 6.07) is 17.5. The SMILES string of the molecule is CC(C)CCCC(C)[C@H]1CCC2C3CCC4C[C@@H](CCC=C(c5cc(Cl)c(OCc6ccc([N+](=O)[O-])cc6)c(C(=O)O)c5)c5cc(Cl)c(OCc6ccc([N+](=O)[O-])cc6)c(C(=O)O)c5)CC[C@]4(C)C3CC[C@@]21C. The van der Waals surface area contributed by atoms with E-state index in [4.69, 9.17) is 32.7 Å². The van der Waals surface area contributed by atoms with Gasteiger partial charge in [0.15, 0.2) is 11.5 Å². The fourth-order valence-electron chi connectivity index (χ4n) is 14.3. The highest BCUT2D eigenvalue weighted by molar-refractivity contribution is 6.33. The highest BCUT2D eigenvalue weighted by Crippen LogP contribution is 2.69. The third kappa shape index (κ3) is 11.6. The number of halogens is 2. The number of hydrogen-bond donors (Lipinski definition) is 2. The van der Waals surface area contributed by atoms with E-state index in [9.17, 15) is 40.0 Å². The normalized spacial score (nSPS) is 25.7. The monoisotopic (exact) mass is 1040 g/mol. The first kappa shape index (κ1) is 53.8. The lowest BCUT2D eigenvalue weighted by Gasteiger charge is -2.61. The van der Waals surface area contributed by atoms with Crippen molar-refractivity contribution in [2.24, 2.45) is 58.2 Å². The number of fused-ring (bicyclic) bond motifs is 5. The Balaban J connectivity index is 1.03. The van der Waals surface area contributed by atoms with Crippen LogP contribution in [0.2, 0.25) is 10.0 Å². The number of allylic oxidation sites excluding steroid dienone is 1. The third-order valence-electron chi connectivity index (χ3n) is 18.1. The molecule has 0 saturated heterocycles. The number of ether oxygens (including phenoxy) is 2. The average Bonchev–Trinajstić information content (AvgIpc) is 3.71. The van der Waals surface area contributed by atoms with Crippen LogP contribution in [0.15, 0.2) is 78.9 Å². The molecule has 2 N–H and O–H groups in total. The predicted octanol–water partition coefficient (Wildman–Crippen LogP) is 16.3. The predicted molar refractivity (Wildman–Crippen MR) is 285 cm³/mol. The zero-order valence-electron chi connectivity index (χ0n) is 42.7. The van der Waals surface area contributed by atoms with Crippen LogP contribution in [0, 0.1) is 78.4 Å². The topological polar surface area (TPSA) is 179 Å². The smallest absolute Gasteiger partial charge is 0.339 e. The van der Waals surface area contributed by atoms with E-state index < -0.39 is 21.8 Å². The Labute approximate surface area is 439 Å². The molecule has 4 aliphatic rings. The Bertz CT molecular complexity index is 2590. The van der Waals surface area contributed by atoms with Gasteiger partial charge >= 0.3 is 11.9 Å². The summed E-state index contributed by atoms with van der Waals surface area (Å²) in [6.45, 7) is 12.3. The van der Waals surface area contributed by atoms with Crippen molar-refractivity contribution in [1.82, 2.24) is 0 Å². The molecule has 0 radical (unpaired) electrons. The third-order valence-corrected chi connectivity index (χ3v) is 18.7. The second-order valence-corrected chi connectivity index (χ2v) is 23.5. The summed E-state index contributed by atoms with van der Waals surface area (Å²) in [5.74, 6) is 3.20. The van der Waals surface area contributed by atoms with Crippen LogP contribution in [0.25, 0.3) is 5.57 Å². The molecule has 8 rings (SSSR count). The van der Waals surface area contributed by atoms with E-state index in [1.54, 1.807) is 12.1 Å². The largest absolute Gasteiger partial charge is 0.486 e. The molecule has 0 amide bonds. The zero-order chi connectivity index (χ0) is 52.4. The number of carboxylic acid groups (broad SMARTS) is 2. The lowest BCUT2D eigenvalue weighted by atomic mass is 9.44. The lowest BCUT2D eigenvalue weighted by molar-refractivity contribution is -0.385. The van der Waals surface area contributed by atoms with Gasteiger partial charge in [-0.3, -0.25) is 20.2 Å². The van der Waals surface area contributed by atoms with Crippen molar-refractivity contribution in [1.29, 1.82) is 0 Å². The summed E-state index contributed by atoms with van der Waals surface area (Å²) in [7, 11) is 0. The average molecular weight is 1040 g/mol. The van der Waals surface area contributed by atoms with E-state index in [1.807, 2.05) is 6.08 Å². The van der Waals surface area contributed by atoms with Crippen molar-refractivity contribution in [3.8, 4) is 11.5 Å². The number of rotatable bonds is 20. The van der Waals surface area contributed by atoms with Crippen LogP contribution in [-0.2, 0) is 13.2 Å². The Morgan fingerprint density at radius 1 is 0.712 bits per heavy atom. The van der Waals surface area contributed by atoms with Crippen LogP contribution in [0.4, 0.5) is 11.4 Å². The standard InChI is InChI=1S/C59H70Cl2N2O10/c1-35(2)8-6-9-36(3)49-22-23-50-46-21-16-42-28-37(24-26-58(42,4)51(46)25-27-59(49,50)5)10-7-11-45(40-29-47(56(64)65)54(52(60)31-40)72-33-38-12-17-43(18-13-38)62(68)69)41-30-48(57(66)67)55(53(61)32-41)73-34-39-14-19-44(20-15-39)63(70)71/h11-15,17-20,29-32,35-37,42,46,49-51H,6-10,16,21-28,33-34H2,1-5H3,(H,64,65)(H,66,67)/t36?,37-,42?,46?,49+,50?,51?,58-,59+/m0/s1. The van der Waals surface area contributed by atoms with Gasteiger partial charge in [-0.2, -0.15) is 0 Å². The highest BCUT2D eigenvalue weighted by atomic mass is 35.5. The van der Waals surface area contributed by atoms with Gasteiger partial charge < -0.3 is 19.7 Å². The van der Waals surface area contributed by atoms with Gasteiger partial charge in [0, 0.05) is 24.3 Å². The number of hydrogen-bond acceptors (Lipinski definition) is 8. The van der Waals surface area contributed by atoms with E-state index in [2.05, 4.69) is 34.6 Å². The van der Waals surface area contributed by atoms with Gasteiger partial charge in [-0.15, -0.1) is 0 Å². The minimum absolute atomic E-state index is 0.00443. The molecule has 9 atom stereocenters. The van der Waals surface area contributed by atoms with Crippen LogP contribution >= 0.6 is 23.2 Å². The molecule has 73 heavy (non-hydrogen) atoms. The van der Waals surface area contributed by atoms with E-state index >= 15 is 0 Å². The molecule has 0 aliphatic heterocycles. The summed E-state index contributed by atoms with van der Waals surface area (Å²) in [5, 5.41) is 43.5. The van der Waals surface area contributed by atoms with Crippen LogP contribution in [0.1, 0.15) is 167 Å². The molecule has 4 aromatic carbocycles. The van der Waals surface area contributed by atoms with Crippen molar-refractivity contribution in [2.75, 3.05) is 0 Å². The van der Waals surface area contributed by atoms with Crippen LogP contribution < -0.4 is 9.47 Å². The van der Waals surface area contributed by atoms with Crippen molar-refractivity contribution in [3.63, 3.8) is 0 Å². The maximum atomic E-state index is 12.9. The molecule has 4 aliphatic carbocycles. The second kappa shape index (κ2) is 22.6. The van der Waals surface area contributed by atoms with E-state index in [0.29, 0.717) is 56.9 Å². The Morgan fingerprint density at radius 3 is 1.74 bits per heavy atom. The molecule has 0 bridgehead atoms. The minimum Gasteiger partial charge on any atom is -0.486 e. The molecular formula is C59H70Cl2N2O10. The molecule has 4 aromatic rings. The Kier molecular flexibility index (Phi) is 16.6. The highest BCUT2D eigenvalue weighted by Gasteiger charge is 2.60. The molecule has 390 valence electrons. The number of nitrogens with zero attached hydrogens (tertiary/aromatic N) is 2. The van der Waals surface area contributed by atoms with Crippen LogP contribution in [0.5, 0.6) is 11.5 Å². The Hall–Kier alpha value is -5.46. The number of nitro benzene ring substituents is 2. The lowest BCUT2D eigenvalue weighted by Crippen LogP contribution is -2.53. The molecule has 0 aromatic heterocycles. The fraction of sp³-hybridized carbons (Fsp3) is 0.525. The first-order valence-electron chi connectivity index (χ1n) is 26.3. The molecule has 0 spiro atoms. The quantitative estimate of drug-likeness (QED) is 0.0639. The maximum Gasteiger partial charge on any atom is 0.339 e. The van der Waals surface area contributed by atoms with E-state index in [-0.39, 0.29) is 57.3 Å². The van der Waals surface area contributed by atoms with Gasteiger partial charge in [0.2, 0.25) is 0 Å². The minimum atomic E-state index is -1.30. The summed E-state index contributed by atoms with van der Waals surface area (Å²) in [4.78, 5) is 47.3. The van der Waals surface area contributed by atoms with E-state index in [0.717, 1.165) is 48.3 Å². The summed E-state index contributed by atoms with van der Waals surface area (Å²) < 4.78 is 12.0.